The van der Waals surface area contributed by atoms with Gasteiger partial charge in [-0.1, -0.05) is 20.3 Å². The van der Waals surface area contributed by atoms with Crippen LogP contribution in [-0.2, 0) is 11.8 Å². The molecule has 10 heteroatoms. The second kappa shape index (κ2) is 9.96. The van der Waals surface area contributed by atoms with Crippen molar-refractivity contribution < 1.29 is 4.79 Å². The molecule has 0 bridgehead atoms. The summed E-state index contributed by atoms with van der Waals surface area (Å²) in [5.74, 6) is 0.643. The van der Waals surface area contributed by atoms with E-state index in [1.807, 2.05) is 20.0 Å². The van der Waals surface area contributed by atoms with E-state index in [0.717, 1.165) is 36.1 Å². The largest absolute Gasteiger partial charge is 0.345 e. The summed E-state index contributed by atoms with van der Waals surface area (Å²) < 4.78 is 1.78. The minimum Gasteiger partial charge on any atom is -0.345 e. The van der Waals surface area contributed by atoms with E-state index >= 15 is 0 Å². The summed E-state index contributed by atoms with van der Waals surface area (Å²) in [5, 5.41) is 7.93. The standard InChI is InChI=1S/C13H11N7O.C5H9NO.C3H8/c1-6-8-3-7(4-14-10(8)19-18-6)11-17-9-12(20(11)2)15-5-16-13(9)21;7-5-6-3-1-2-4-6;1-3-2/h3-5H,1-2H3,(H,14,18,19)(H,15,16,21);5H,1-4H2;3H2,1-2H3. The van der Waals surface area contributed by atoms with Gasteiger partial charge in [-0.3, -0.25) is 14.7 Å². The molecule has 1 amide bonds. The molecule has 4 aromatic rings. The molecule has 2 N–H and O–H groups in total. The zero-order valence-corrected chi connectivity index (χ0v) is 18.3. The third-order valence-corrected chi connectivity index (χ3v) is 4.81. The SMILES string of the molecule is CCC.Cc1[nH]nc2ncc(-c3nc4c(=O)[nH]cnc4n3C)cc12.O=CN1CCCC1. The van der Waals surface area contributed by atoms with Gasteiger partial charge in [0.15, 0.2) is 16.8 Å². The van der Waals surface area contributed by atoms with Gasteiger partial charge in [0.1, 0.15) is 5.82 Å². The van der Waals surface area contributed by atoms with E-state index < -0.39 is 0 Å². The lowest BCUT2D eigenvalue weighted by molar-refractivity contribution is -0.117. The highest BCUT2D eigenvalue weighted by molar-refractivity contribution is 5.83. The second-order valence-corrected chi connectivity index (χ2v) is 7.40. The van der Waals surface area contributed by atoms with Gasteiger partial charge in [0, 0.05) is 43.0 Å². The summed E-state index contributed by atoms with van der Waals surface area (Å²) in [4.78, 5) is 38.9. The van der Waals surface area contributed by atoms with Crippen molar-refractivity contribution in [1.29, 1.82) is 0 Å². The van der Waals surface area contributed by atoms with Crippen LogP contribution in [0.3, 0.4) is 0 Å². The number of hydrogen-bond acceptors (Lipinski definition) is 6. The van der Waals surface area contributed by atoms with Crippen molar-refractivity contribution in [3.05, 3.63) is 34.6 Å². The van der Waals surface area contributed by atoms with Crippen LogP contribution in [0.15, 0.2) is 23.4 Å². The second-order valence-electron chi connectivity index (χ2n) is 7.40. The van der Waals surface area contributed by atoms with Crippen molar-refractivity contribution in [1.82, 2.24) is 39.6 Å². The van der Waals surface area contributed by atoms with Gasteiger partial charge in [-0.05, 0) is 25.8 Å². The Morgan fingerprint density at radius 3 is 2.52 bits per heavy atom. The van der Waals surface area contributed by atoms with E-state index in [4.69, 9.17) is 0 Å². The number of aromatic nitrogens is 7. The van der Waals surface area contributed by atoms with Crippen molar-refractivity contribution in [3.63, 3.8) is 0 Å². The van der Waals surface area contributed by atoms with Crippen molar-refractivity contribution in [2.45, 2.75) is 40.0 Å². The quantitative estimate of drug-likeness (QED) is 0.476. The van der Waals surface area contributed by atoms with Gasteiger partial charge in [0.2, 0.25) is 6.41 Å². The Morgan fingerprint density at radius 2 is 1.90 bits per heavy atom. The first kappa shape index (κ1) is 22.1. The smallest absolute Gasteiger partial charge is 0.278 e. The summed E-state index contributed by atoms with van der Waals surface area (Å²) in [6.07, 6.45) is 7.63. The number of aromatic amines is 2. The Kier molecular flexibility index (Phi) is 7.11. The highest BCUT2D eigenvalue weighted by Crippen LogP contribution is 2.24. The van der Waals surface area contributed by atoms with E-state index in [1.165, 1.54) is 25.6 Å². The number of likely N-dealkylation sites (tertiary alicyclic amines) is 1. The highest BCUT2D eigenvalue weighted by Gasteiger charge is 2.15. The van der Waals surface area contributed by atoms with Crippen LogP contribution in [0.5, 0.6) is 0 Å². The molecule has 5 rings (SSSR count). The Labute approximate surface area is 179 Å². The van der Waals surface area contributed by atoms with Crippen molar-refractivity contribution in [3.8, 4) is 11.4 Å². The van der Waals surface area contributed by atoms with E-state index in [1.54, 1.807) is 15.7 Å². The average Bonchev–Trinajstić information content (AvgIpc) is 3.50. The zero-order chi connectivity index (χ0) is 22.4. The number of carbonyl (C=O) groups excluding carboxylic acids is 1. The predicted octanol–water partition coefficient (Wildman–Crippen LogP) is 2.56. The van der Waals surface area contributed by atoms with Crippen molar-refractivity contribution >= 4 is 28.6 Å². The minimum atomic E-state index is -0.254. The number of pyridine rings is 1. The molecule has 0 unspecified atom stereocenters. The molecule has 10 nitrogen and oxygen atoms in total. The number of hydrogen-bond donors (Lipinski definition) is 2. The van der Waals surface area contributed by atoms with Crippen LogP contribution in [0, 0.1) is 6.92 Å². The maximum atomic E-state index is 11.8. The number of carbonyl (C=O) groups is 1. The summed E-state index contributed by atoms with van der Waals surface area (Å²) in [7, 11) is 1.82. The first-order valence-electron chi connectivity index (χ1n) is 10.4. The summed E-state index contributed by atoms with van der Waals surface area (Å²) >= 11 is 0. The van der Waals surface area contributed by atoms with Crippen molar-refractivity contribution in [2.24, 2.45) is 7.05 Å². The summed E-state index contributed by atoms with van der Waals surface area (Å²) in [6, 6.07) is 1.95. The fourth-order valence-electron chi connectivity index (χ4n) is 3.26. The van der Waals surface area contributed by atoms with E-state index in [9.17, 15) is 9.59 Å². The molecule has 4 aromatic heterocycles. The Bertz CT molecular complexity index is 1220. The van der Waals surface area contributed by atoms with E-state index in [0.29, 0.717) is 22.6 Å². The Hall–Kier alpha value is -3.56. The maximum absolute atomic E-state index is 11.8. The minimum absolute atomic E-state index is 0.254. The third kappa shape index (κ3) is 4.79. The van der Waals surface area contributed by atoms with Crippen LogP contribution >= 0.6 is 0 Å². The van der Waals surface area contributed by atoms with Gasteiger partial charge in [0.25, 0.3) is 5.56 Å². The lowest BCUT2D eigenvalue weighted by Gasteiger charge is -2.03. The molecule has 0 saturated carbocycles. The van der Waals surface area contributed by atoms with Gasteiger partial charge >= 0.3 is 0 Å². The van der Waals surface area contributed by atoms with Crippen LogP contribution in [0.2, 0.25) is 0 Å². The van der Waals surface area contributed by atoms with Crippen LogP contribution in [-0.4, -0.2) is 59.1 Å². The van der Waals surface area contributed by atoms with Crippen LogP contribution in [0.1, 0.15) is 38.8 Å². The molecule has 0 aromatic carbocycles. The highest BCUT2D eigenvalue weighted by atomic mass is 16.1. The number of aryl methyl sites for hydroxylation is 2. The number of imidazole rings is 1. The van der Waals surface area contributed by atoms with Gasteiger partial charge in [0.05, 0.1) is 6.33 Å². The lowest BCUT2D eigenvalue weighted by atomic mass is 10.2. The topological polar surface area (TPSA) is 125 Å². The molecule has 5 heterocycles. The first-order chi connectivity index (χ1) is 15.0. The molecular weight excluding hydrogens is 396 g/mol. The lowest BCUT2D eigenvalue weighted by Crippen LogP contribution is -2.15. The van der Waals surface area contributed by atoms with Gasteiger partial charge in [-0.2, -0.15) is 5.10 Å². The molecule has 164 valence electrons. The molecule has 0 radical (unpaired) electrons. The van der Waals surface area contributed by atoms with Gasteiger partial charge < -0.3 is 14.5 Å². The number of nitrogens with one attached hydrogen (secondary N) is 2. The Morgan fingerprint density at radius 1 is 1.19 bits per heavy atom. The maximum Gasteiger partial charge on any atom is 0.278 e. The average molecular weight is 425 g/mol. The summed E-state index contributed by atoms with van der Waals surface area (Å²) in [6.45, 7) is 8.13. The van der Waals surface area contributed by atoms with Crippen LogP contribution in [0.4, 0.5) is 0 Å². The molecule has 1 fully saturated rings. The third-order valence-electron chi connectivity index (χ3n) is 4.81. The number of fused-ring (bicyclic) bond motifs is 2. The molecule has 0 aliphatic carbocycles. The fraction of sp³-hybridized carbons (Fsp3) is 0.429. The van der Waals surface area contributed by atoms with Crippen LogP contribution in [0.25, 0.3) is 33.6 Å². The molecule has 1 aliphatic rings. The van der Waals surface area contributed by atoms with Crippen molar-refractivity contribution in [2.75, 3.05) is 13.1 Å². The molecule has 1 aliphatic heterocycles. The fourth-order valence-corrected chi connectivity index (χ4v) is 3.26. The monoisotopic (exact) mass is 424 g/mol. The van der Waals surface area contributed by atoms with Gasteiger partial charge in [-0.15, -0.1) is 0 Å². The number of rotatable bonds is 2. The van der Waals surface area contributed by atoms with E-state index in [2.05, 4.69) is 44.0 Å². The molecule has 31 heavy (non-hydrogen) atoms. The molecule has 0 atom stereocenters. The molecular formula is C21H28N8O2. The van der Waals surface area contributed by atoms with Crippen LogP contribution < -0.4 is 5.56 Å². The zero-order valence-electron chi connectivity index (χ0n) is 18.3. The molecule has 1 saturated heterocycles. The normalized spacial score (nSPS) is 13.0. The number of nitrogens with zero attached hydrogens (tertiary/aromatic N) is 6. The number of H-pyrrole nitrogens is 2. The Balaban J connectivity index is 0.000000228. The van der Waals surface area contributed by atoms with E-state index in [-0.39, 0.29) is 5.56 Å². The predicted molar refractivity (Wildman–Crippen MR) is 120 cm³/mol. The number of amides is 1. The first-order valence-corrected chi connectivity index (χ1v) is 10.4. The summed E-state index contributed by atoms with van der Waals surface area (Å²) in [5.41, 5.74) is 3.01. The molecule has 0 spiro atoms. The van der Waals surface area contributed by atoms with Gasteiger partial charge in [-0.25, -0.2) is 15.0 Å².